The maximum Gasteiger partial charge on any atom is 0.160 e. The number of nitrogens with zero attached hydrogens (tertiary/aromatic N) is 2. The van der Waals surface area contributed by atoms with Gasteiger partial charge >= 0.3 is 0 Å². The maximum absolute atomic E-state index is 2.67. The molecule has 0 heterocycles. The Morgan fingerprint density at radius 2 is 0.527 bits per heavy atom. The quantitative estimate of drug-likeness (QED) is 0.0680. The molecule has 18 rings (SSSR count). The van der Waals surface area contributed by atoms with Gasteiger partial charge in [0.05, 0.1) is 11.4 Å². The lowest BCUT2D eigenvalue weighted by Crippen LogP contribution is -2.56. The van der Waals surface area contributed by atoms with Crippen molar-refractivity contribution in [2.45, 2.75) is 11.6 Å². The molecule has 0 spiro atoms. The molecule has 74 heavy (non-hydrogen) atoms. The lowest BCUT2D eigenvalue weighted by Gasteiger charge is -2.51. The van der Waals surface area contributed by atoms with Gasteiger partial charge in [-0.1, -0.05) is 200 Å². The van der Waals surface area contributed by atoms with Crippen molar-refractivity contribution in [3.8, 4) is 0 Å². The van der Waals surface area contributed by atoms with Crippen LogP contribution in [0.4, 0.5) is 22.7 Å². The molecule has 2 heteroatoms. The van der Waals surface area contributed by atoms with Crippen LogP contribution in [0.1, 0.15) is 11.5 Å². The van der Waals surface area contributed by atoms with E-state index in [1.54, 1.807) is 0 Å². The van der Waals surface area contributed by atoms with Gasteiger partial charge in [-0.3, -0.25) is 0 Å². The van der Waals surface area contributed by atoms with E-state index in [1.165, 1.54) is 135 Å². The minimum absolute atomic E-state index is 0.0717. The van der Waals surface area contributed by atoms with Crippen LogP contribution in [0.3, 0.4) is 0 Å². The lowest BCUT2D eigenvalue weighted by molar-refractivity contribution is 0.629. The van der Waals surface area contributed by atoms with Crippen molar-refractivity contribution < 1.29 is 0 Å². The van der Waals surface area contributed by atoms with Crippen LogP contribution in [0.2, 0.25) is 0 Å². The Hall–Kier alpha value is -9.50. The fraction of sp³-hybridized carbons (Fsp3) is 0.0278. The number of rotatable bonds is 7. The fourth-order valence-corrected chi connectivity index (χ4v) is 14.4. The lowest BCUT2D eigenvalue weighted by atomic mass is 9.81. The normalized spacial score (nSPS) is 14.4. The van der Waals surface area contributed by atoms with Crippen LogP contribution < -0.4 is 9.80 Å². The Morgan fingerprint density at radius 1 is 0.257 bits per heavy atom. The molecule has 0 N–H and O–H groups in total. The molecule has 340 valence electrons. The highest BCUT2D eigenvalue weighted by Crippen LogP contribution is 2.57. The Bertz CT molecular complexity index is 4710. The average Bonchev–Trinajstić information content (AvgIpc) is 3.53. The number of para-hydroxylation sites is 2. The van der Waals surface area contributed by atoms with Crippen LogP contribution >= 0.6 is 0 Å². The first-order valence-electron chi connectivity index (χ1n) is 26.0. The molecular weight excluding hydrogens is 893 g/mol. The standard InChI is InChI=1S/C72H42N2/c1-4-10-42(11-5-1)43-36-38-72(39-37-43,73(54-12-6-2-7-13-54)58-40-52-30-28-48-22-18-44-16-20-46-24-26-50-32-34-56(58)70-66(50)62(46)60(44)64(48)68(52)70)74(55-14-8-3-9-15-55)59-41-53-31-29-49-23-19-45-17-21-47-25-27-51-33-35-57(59)71-67(51)63(47)61(45)65(49)69(53)71/h1-41,43H. The van der Waals surface area contributed by atoms with Gasteiger partial charge < -0.3 is 9.80 Å². The Labute approximate surface area is 425 Å². The molecule has 0 saturated heterocycles. The zero-order valence-electron chi connectivity index (χ0n) is 40.1. The molecule has 0 saturated carbocycles. The van der Waals surface area contributed by atoms with Crippen LogP contribution in [-0.2, 0) is 0 Å². The first-order valence-corrected chi connectivity index (χ1v) is 26.0. The molecule has 0 aliphatic heterocycles. The largest absolute Gasteiger partial charge is 0.310 e. The van der Waals surface area contributed by atoms with E-state index in [-0.39, 0.29) is 5.92 Å². The second kappa shape index (κ2) is 13.9. The van der Waals surface area contributed by atoms with Crippen LogP contribution in [0.15, 0.2) is 249 Å². The smallest absolute Gasteiger partial charge is 0.160 e. The number of hydrogen-bond acceptors (Lipinski definition) is 2. The van der Waals surface area contributed by atoms with Crippen molar-refractivity contribution >= 4 is 152 Å². The second-order valence-electron chi connectivity index (χ2n) is 21.1. The fourth-order valence-electron chi connectivity index (χ4n) is 14.4. The Balaban J connectivity index is 1.01. The molecule has 0 radical (unpaired) electrons. The van der Waals surface area contributed by atoms with E-state index in [4.69, 9.17) is 0 Å². The molecule has 0 fully saturated rings. The zero-order valence-corrected chi connectivity index (χ0v) is 40.1. The third kappa shape index (κ3) is 4.86. The van der Waals surface area contributed by atoms with E-state index in [1.807, 2.05) is 0 Å². The molecule has 0 amide bonds. The molecule has 17 aromatic carbocycles. The molecule has 0 bridgehead atoms. The summed E-state index contributed by atoms with van der Waals surface area (Å²) in [4.78, 5) is 5.33. The third-order valence-electron chi connectivity index (χ3n) is 17.5. The van der Waals surface area contributed by atoms with Crippen LogP contribution in [0, 0.1) is 0 Å². The van der Waals surface area contributed by atoms with Gasteiger partial charge in [-0.25, -0.2) is 0 Å². The van der Waals surface area contributed by atoms with E-state index in [0.29, 0.717) is 0 Å². The molecule has 1 aliphatic rings. The topological polar surface area (TPSA) is 6.48 Å². The predicted molar refractivity (Wildman–Crippen MR) is 317 cm³/mol. The summed E-state index contributed by atoms with van der Waals surface area (Å²) in [5.41, 5.74) is 4.81. The highest BCUT2D eigenvalue weighted by Gasteiger charge is 2.44. The summed E-state index contributed by atoms with van der Waals surface area (Å²) in [6, 6.07) is 85.3. The minimum atomic E-state index is -0.949. The van der Waals surface area contributed by atoms with E-state index in [0.717, 1.165) is 22.7 Å². The second-order valence-corrected chi connectivity index (χ2v) is 21.1. The van der Waals surface area contributed by atoms with Gasteiger partial charge in [0, 0.05) is 38.8 Å². The third-order valence-corrected chi connectivity index (χ3v) is 17.5. The highest BCUT2D eigenvalue weighted by molar-refractivity contribution is 6.47. The molecule has 0 unspecified atom stereocenters. The van der Waals surface area contributed by atoms with Gasteiger partial charge in [0.2, 0.25) is 0 Å². The van der Waals surface area contributed by atoms with E-state index < -0.39 is 5.66 Å². The first-order chi connectivity index (χ1) is 36.7. The van der Waals surface area contributed by atoms with Crippen LogP contribution in [0.5, 0.6) is 0 Å². The van der Waals surface area contributed by atoms with Crippen LogP contribution in [0.25, 0.3) is 129 Å². The summed E-state index contributed by atoms with van der Waals surface area (Å²) < 4.78 is 0. The van der Waals surface area contributed by atoms with Crippen molar-refractivity contribution in [3.05, 3.63) is 254 Å². The van der Waals surface area contributed by atoms with Gasteiger partial charge in [-0.2, -0.15) is 0 Å². The SMILES string of the molecule is C1=CC(N(c2ccccc2)c2cc3ccc4ccc5ccc6ccc7ccc2c2c7c6c5c4c32)(N(c2ccccc2)c2cc3ccc4ccc5ccc6ccc7ccc2c2c7c6c5c4c32)C=CC1c1ccccc1. The van der Waals surface area contributed by atoms with Crippen molar-refractivity contribution in [1.29, 1.82) is 0 Å². The van der Waals surface area contributed by atoms with Crippen molar-refractivity contribution in [1.82, 2.24) is 0 Å². The summed E-state index contributed by atoms with van der Waals surface area (Å²) in [5, 5.41) is 31.5. The average molecular weight is 935 g/mol. The van der Waals surface area contributed by atoms with E-state index in [9.17, 15) is 0 Å². The summed E-state index contributed by atoms with van der Waals surface area (Å²) in [6.45, 7) is 0. The zero-order chi connectivity index (χ0) is 48.0. The summed E-state index contributed by atoms with van der Waals surface area (Å²) >= 11 is 0. The molecule has 17 aromatic rings. The van der Waals surface area contributed by atoms with Gasteiger partial charge in [-0.05, 0) is 162 Å². The number of allylic oxidation sites excluding steroid dienone is 2. The first kappa shape index (κ1) is 39.2. The van der Waals surface area contributed by atoms with Crippen LogP contribution in [-0.4, -0.2) is 5.66 Å². The highest BCUT2D eigenvalue weighted by atomic mass is 15.4. The number of hydrogen-bond donors (Lipinski definition) is 0. The Morgan fingerprint density at radius 3 is 0.865 bits per heavy atom. The maximum atomic E-state index is 2.67. The van der Waals surface area contributed by atoms with Crippen molar-refractivity contribution in [2.75, 3.05) is 9.80 Å². The number of anilines is 4. The predicted octanol–water partition coefficient (Wildman–Crippen LogP) is 19.7. The molecule has 0 aromatic heterocycles. The minimum Gasteiger partial charge on any atom is -0.310 e. The van der Waals surface area contributed by atoms with E-state index >= 15 is 0 Å². The summed E-state index contributed by atoms with van der Waals surface area (Å²) in [6.07, 6.45) is 9.95. The van der Waals surface area contributed by atoms with Gasteiger partial charge in [0.25, 0.3) is 0 Å². The van der Waals surface area contributed by atoms with Crippen molar-refractivity contribution in [3.63, 3.8) is 0 Å². The molecular formula is C72H42N2. The summed E-state index contributed by atoms with van der Waals surface area (Å²) in [7, 11) is 0. The van der Waals surface area contributed by atoms with Crippen molar-refractivity contribution in [2.24, 2.45) is 0 Å². The Kier molecular flexibility index (Phi) is 7.36. The molecule has 0 atom stereocenters. The van der Waals surface area contributed by atoms with Gasteiger partial charge in [0.1, 0.15) is 0 Å². The summed E-state index contributed by atoms with van der Waals surface area (Å²) in [5.74, 6) is 0.0717. The van der Waals surface area contributed by atoms with E-state index in [2.05, 4.69) is 259 Å². The van der Waals surface area contributed by atoms with Gasteiger partial charge in [-0.15, -0.1) is 0 Å². The van der Waals surface area contributed by atoms with Gasteiger partial charge in [0.15, 0.2) is 5.66 Å². The molecule has 2 nitrogen and oxygen atoms in total. The number of benzene rings is 17. The monoisotopic (exact) mass is 934 g/mol. The molecule has 1 aliphatic carbocycles.